The van der Waals surface area contributed by atoms with Crippen LogP contribution < -0.4 is 10.6 Å². The molecular formula is C13H20N4. The fourth-order valence-corrected chi connectivity index (χ4v) is 1.70. The number of nitrogens with two attached hydrogens (primary N) is 1. The first kappa shape index (κ1) is 11.8. The SMILES string of the molecule is CCC(C)(C)N(C)c1nc2ccc(N)cc2[nH]1. The van der Waals surface area contributed by atoms with Crippen LogP contribution in [-0.4, -0.2) is 22.6 Å². The lowest BCUT2D eigenvalue weighted by Crippen LogP contribution is -2.41. The zero-order valence-electron chi connectivity index (χ0n) is 10.9. The lowest BCUT2D eigenvalue weighted by Gasteiger charge is -2.34. The number of nitrogens with zero attached hydrogens (tertiary/aromatic N) is 2. The summed E-state index contributed by atoms with van der Waals surface area (Å²) in [6.07, 6.45) is 1.06. The number of hydrogen-bond donors (Lipinski definition) is 2. The summed E-state index contributed by atoms with van der Waals surface area (Å²) >= 11 is 0. The van der Waals surface area contributed by atoms with Crippen molar-refractivity contribution in [2.24, 2.45) is 0 Å². The first-order valence-electron chi connectivity index (χ1n) is 5.93. The molecule has 1 aromatic heterocycles. The molecule has 1 heterocycles. The average Bonchev–Trinajstić information content (AvgIpc) is 2.70. The molecule has 0 radical (unpaired) electrons. The third kappa shape index (κ3) is 2.07. The second kappa shape index (κ2) is 3.95. The summed E-state index contributed by atoms with van der Waals surface area (Å²) in [7, 11) is 2.06. The highest BCUT2D eigenvalue weighted by Gasteiger charge is 2.23. The highest BCUT2D eigenvalue weighted by atomic mass is 15.3. The maximum absolute atomic E-state index is 5.76. The standard InChI is InChI=1S/C13H20N4/c1-5-13(2,3)17(4)12-15-10-7-6-9(14)8-11(10)16-12/h6-8H,5,14H2,1-4H3,(H,15,16). The second-order valence-electron chi connectivity index (χ2n) is 5.06. The molecule has 0 saturated heterocycles. The molecule has 92 valence electrons. The minimum atomic E-state index is 0.0828. The number of H-pyrrole nitrogens is 1. The molecule has 0 bridgehead atoms. The molecule has 2 rings (SSSR count). The number of benzene rings is 1. The lowest BCUT2D eigenvalue weighted by molar-refractivity contribution is 0.465. The summed E-state index contributed by atoms with van der Waals surface area (Å²) in [6, 6.07) is 5.73. The van der Waals surface area contributed by atoms with Crippen molar-refractivity contribution in [2.45, 2.75) is 32.7 Å². The van der Waals surface area contributed by atoms with Crippen molar-refractivity contribution in [3.8, 4) is 0 Å². The number of aromatic amines is 1. The van der Waals surface area contributed by atoms with E-state index < -0.39 is 0 Å². The van der Waals surface area contributed by atoms with E-state index in [4.69, 9.17) is 5.73 Å². The van der Waals surface area contributed by atoms with E-state index >= 15 is 0 Å². The van der Waals surface area contributed by atoms with Crippen molar-refractivity contribution < 1.29 is 0 Å². The predicted molar refractivity (Wildman–Crippen MR) is 73.3 cm³/mol. The van der Waals surface area contributed by atoms with Crippen molar-refractivity contribution in [2.75, 3.05) is 17.7 Å². The number of aromatic nitrogens is 2. The third-order valence-corrected chi connectivity index (χ3v) is 3.58. The van der Waals surface area contributed by atoms with Gasteiger partial charge < -0.3 is 15.6 Å². The van der Waals surface area contributed by atoms with Gasteiger partial charge in [-0.25, -0.2) is 4.98 Å². The summed E-state index contributed by atoms with van der Waals surface area (Å²) in [5, 5.41) is 0. The van der Waals surface area contributed by atoms with Gasteiger partial charge in [-0.05, 0) is 38.5 Å². The maximum Gasteiger partial charge on any atom is 0.204 e. The lowest BCUT2D eigenvalue weighted by atomic mass is 10.0. The van der Waals surface area contributed by atoms with Gasteiger partial charge in [0.1, 0.15) is 0 Å². The Morgan fingerprint density at radius 3 is 2.76 bits per heavy atom. The Labute approximate surface area is 102 Å². The van der Waals surface area contributed by atoms with Crippen LogP contribution in [0.3, 0.4) is 0 Å². The smallest absolute Gasteiger partial charge is 0.204 e. The summed E-state index contributed by atoms with van der Waals surface area (Å²) in [5.41, 5.74) is 8.53. The molecular weight excluding hydrogens is 212 g/mol. The number of rotatable bonds is 3. The van der Waals surface area contributed by atoms with Crippen molar-refractivity contribution >= 4 is 22.7 Å². The molecule has 0 atom stereocenters. The van der Waals surface area contributed by atoms with Crippen LogP contribution >= 0.6 is 0 Å². The molecule has 17 heavy (non-hydrogen) atoms. The van der Waals surface area contributed by atoms with E-state index in [0.717, 1.165) is 29.1 Å². The van der Waals surface area contributed by atoms with Gasteiger partial charge in [0.05, 0.1) is 11.0 Å². The largest absolute Gasteiger partial charge is 0.399 e. The van der Waals surface area contributed by atoms with E-state index in [0.29, 0.717) is 0 Å². The van der Waals surface area contributed by atoms with Crippen LogP contribution in [0, 0.1) is 0 Å². The fraction of sp³-hybridized carbons (Fsp3) is 0.462. The van der Waals surface area contributed by atoms with E-state index in [1.54, 1.807) is 0 Å². The van der Waals surface area contributed by atoms with Gasteiger partial charge in [-0.1, -0.05) is 6.92 Å². The monoisotopic (exact) mass is 232 g/mol. The molecule has 0 unspecified atom stereocenters. The first-order valence-corrected chi connectivity index (χ1v) is 5.93. The van der Waals surface area contributed by atoms with Gasteiger partial charge in [0.15, 0.2) is 0 Å². The summed E-state index contributed by atoms with van der Waals surface area (Å²) in [5.74, 6) is 0.887. The number of nitrogen functional groups attached to an aromatic ring is 1. The number of hydrogen-bond acceptors (Lipinski definition) is 3. The molecule has 0 saturated carbocycles. The highest BCUT2D eigenvalue weighted by Crippen LogP contribution is 2.25. The molecule has 3 N–H and O–H groups in total. The highest BCUT2D eigenvalue weighted by molar-refractivity contribution is 5.80. The van der Waals surface area contributed by atoms with Gasteiger partial charge >= 0.3 is 0 Å². The van der Waals surface area contributed by atoms with Crippen molar-refractivity contribution in [3.63, 3.8) is 0 Å². The summed E-state index contributed by atoms with van der Waals surface area (Å²) < 4.78 is 0. The van der Waals surface area contributed by atoms with Crippen LogP contribution in [0.25, 0.3) is 11.0 Å². The molecule has 0 aliphatic heterocycles. The van der Waals surface area contributed by atoms with Crippen molar-refractivity contribution in [3.05, 3.63) is 18.2 Å². The zero-order chi connectivity index (χ0) is 12.6. The minimum absolute atomic E-state index is 0.0828. The molecule has 1 aromatic carbocycles. The Morgan fingerprint density at radius 2 is 2.12 bits per heavy atom. The summed E-state index contributed by atoms with van der Waals surface area (Å²) in [6.45, 7) is 6.58. The Hall–Kier alpha value is -1.71. The molecule has 0 spiro atoms. The van der Waals surface area contributed by atoms with E-state index in [1.165, 1.54) is 0 Å². The zero-order valence-corrected chi connectivity index (χ0v) is 10.9. The van der Waals surface area contributed by atoms with Crippen molar-refractivity contribution in [1.82, 2.24) is 9.97 Å². The van der Waals surface area contributed by atoms with Crippen LogP contribution in [0.15, 0.2) is 18.2 Å². The Morgan fingerprint density at radius 1 is 1.41 bits per heavy atom. The number of imidazole rings is 1. The number of nitrogens with one attached hydrogen (secondary N) is 1. The van der Waals surface area contributed by atoms with Gasteiger partial charge in [0.25, 0.3) is 0 Å². The van der Waals surface area contributed by atoms with Crippen LogP contribution in [0.2, 0.25) is 0 Å². The molecule has 4 heteroatoms. The first-order chi connectivity index (χ1) is 7.94. The molecule has 0 aliphatic rings. The molecule has 0 fully saturated rings. The van der Waals surface area contributed by atoms with E-state index in [9.17, 15) is 0 Å². The quantitative estimate of drug-likeness (QED) is 0.800. The Bertz CT molecular complexity index is 527. The van der Waals surface area contributed by atoms with Gasteiger partial charge in [-0.2, -0.15) is 0 Å². The second-order valence-corrected chi connectivity index (χ2v) is 5.06. The molecule has 0 aliphatic carbocycles. The topological polar surface area (TPSA) is 57.9 Å². The Balaban J connectivity index is 2.43. The molecule has 2 aromatic rings. The average molecular weight is 232 g/mol. The predicted octanol–water partition coefficient (Wildman–Crippen LogP) is 2.77. The third-order valence-electron chi connectivity index (χ3n) is 3.58. The Kier molecular flexibility index (Phi) is 2.73. The normalized spacial score (nSPS) is 12.0. The van der Waals surface area contributed by atoms with Crippen LogP contribution in [0.1, 0.15) is 27.2 Å². The van der Waals surface area contributed by atoms with Crippen LogP contribution in [0.5, 0.6) is 0 Å². The maximum atomic E-state index is 5.76. The van der Waals surface area contributed by atoms with Gasteiger partial charge in [0, 0.05) is 18.3 Å². The number of anilines is 2. The summed E-state index contributed by atoms with van der Waals surface area (Å²) in [4.78, 5) is 10.1. The fourth-order valence-electron chi connectivity index (χ4n) is 1.70. The molecule has 4 nitrogen and oxygen atoms in total. The van der Waals surface area contributed by atoms with Gasteiger partial charge in [0.2, 0.25) is 5.95 Å². The molecule has 0 amide bonds. The minimum Gasteiger partial charge on any atom is -0.399 e. The van der Waals surface area contributed by atoms with E-state index in [2.05, 4.69) is 42.7 Å². The van der Waals surface area contributed by atoms with Crippen LogP contribution in [0.4, 0.5) is 11.6 Å². The van der Waals surface area contributed by atoms with Crippen LogP contribution in [-0.2, 0) is 0 Å². The van der Waals surface area contributed by atoms with Gasteiger partial charge in [-0.3, -0.25) is 0 Å². The van der Waals surface area contributed by atoms with E-state index in [-0.39, 0.29) is 5.54 Å². The number of fused-ring (bicyclic) bond motifs is 1. The van der Waals surface area contributed by atoms with Crippen molar-refractivity contribution in [1.29, 1.82) is 0 Å². The van der Waals surface area contributed by atoms with Gasteiger partial charge in [-0.15, -0.1) is 0 Å². The van der Waals surface area contributed by atoms with E-state index in [1.807, 2.05) is 18.2 Å².